The van der Waals surface area contributed by atoms with Gasteiger partial charge in [0.2, 0.25) is 0 Å². The number of benzene rings is 1. The Kier molecular flexibility index (Phi) is 18.8. The number of guanidine groups is 1. The van der Waals surface area contributed by atoms with Crippen LogP contribution in [0.1, 0.15) is 23.2 Å². The fourth-order valence-electron chi connectivity index (χ4n) is 2.19. The predicted octanol–water partition coefficient (Wildman–Crippen LogP) is -3.82. The molecule has 15 N–H and O–H groups in total. The van der Waals surface area contributed by atoms with Crippen LogP contribution in [0.25, 0.3) is 0 Å². The minimum absolute atomic E-state index is 0.0129. The van der Waals surface area contributed by atoms with E-state index in [1.807, 2.05) is 0 Å². The van der Waals surface area contributed by atoms with Gasteiger partial charge in [-0.1, -0.05) is 12.1 Å². The summed E-state index contributed by atoms with van der Waals surface area (Å²) in [5.74, 6) is -2.30. The molecule has 0 saturated carbocycles. The second-order valence-electron chi connectivity index (χ2n) is 7.07. The maximum Gasteiger partial charge on any atom is 0.339 e. The predicted molar refractivity (Wildman–Crippen MR) is 126 cm³/mol. The van der Waals surface area contributed by atoms with E-state index >= 15 is 0 Å². The molecule has 0 saturated heterocycles. The first kappa shape index (κ1) is 34.1. The van der Waals surface area contributed by atoms with Crippen LogP contribution in [0.2, 0.25) is 0 Å². The summed E-state index contributed by atoms with van der Waals surface area (Å²) < 4.78 is 0. The average molecular weight is 508 g/mol. The molecular weight excluding hydrogens is 470 g/mol. The maximum atomic E-state index is 10.3. The van der Waals surface area contributed by atoms with Crippen molar-refractivity contribution in [2.75, 3.05) is 26.7 Å². The van der Waals surface area contributed by atoms with Gasteiger partial charge in [0.25, 0.3) is 0 Å². The van der Waals surface area contributed by atoms with Gasteiger partial charge in [0.05, 0.1) is 12.7 Å². The van der Waals surface area contributed by atoms with Gasteiger partial charge in [0, 0.05) is 13.1 Å². The Hall–Kier alpha value is -3.05. The third-order valence-electron chi connectivity index (χ3n) is 4.16. The molecule has 0 unspecified atom stereocenters. The average Bonchev–Trinajstić information content (AvgIpc) is 2.81. The third kappa shape index (κ3) is 16.3. The molecule has 0 radical (unpaired) electrons. The van der Waals surface area contributed by atoms with E-state index in [1.54, 1.807) is 19.2 Å². The smallest absolute Gasteiger partial charge is 0.339 e. The summed E-state index contributed by atoms with van der Waals surface area (Å²) in [7, 11) is 1.57. The van der Waals surface area contributed by atoms with Crippen LogP contribution >= 0.6 is 0 Å². The number of aliphatic hydroxyl groups is 5. The molecule has 1 aromatic carbocycles. The lowest BCUT2D eigenvalue weighted by molar-refractivity contribution is -0.138. The highest BCUT2D eigenvalue weighted by Gasteiger charge is 2.29. The van der Waals surface area contributed by atoms with Gasteiger partial charge in [0.1, 0.15) is 35.7 Å². The van der Waals surface area contributed by atoms with Crippen molar-refractivity contribution in [2.24, 2.45) is 22.2 Å². The van der Waals surface area contributed by atoms with Crippen molar-refractivity contribution in [3.63, 3.8) is 0 Å². The molecular formula is C20H37N5O10. The SMILES string of the molecule is CNC[C@H](O)[C@@H](O)[C@H](O)[C@H](O)CO.NC(N)=NCCC[C@H](N)C(=O)O.O=C(O)c1ccccc1O. The second kappa shape index (κ2) is 19.3. The van der Waals surface area contributed by atoms with Crippen LogP contribution in [-0.4, -0.2) is 116 Å². The molecule has 15 heteroatoms. The van der Waals surface area contributed by atoms with Crippen molar-refractivity contribution in [1.82, 2.24) is 5.32 Å². The molecule has 1 aromatic rings. The van der Waals surface area contributed by atoms with Gasteiger partial charge in [-0.2, -0.15) is 0 Å². The number of aliphatic hydroxyl groups excluding tert-OH is 5. The monoisotopic (exact) mass is 507 g/mol. The van der Waals surface area contributed by atoms with Crippen LogP contribution in [-0.2, 0) is 4.79 Å². The number of rotatable bonds is 12. The van der Waals surface area contributed by atoms with E-state index in [1.165, 1.54) is 12.1 Å². The Bertz CT molecular complexity index is 764. The van der Waals surface area contributed by atoms with Crippen molar-refractivity contribution in [3.05, 3.63) is 29.8 Å². The quantitative estimate of drug-likeness (QED) is 0.0733. The van der Waals surface area contributed by atoms with E-state index in [2.05, 4.69) is 10.3 Å². The third-order valence-corrected chi connectivity index (χ3v) is 4.16. The zero-order chi connectivity index (χ0) is 27.6. The Balaban J connectivity index is 0. The number of likely N-dealkylation sites (N-methyl/N-ethyl adjacent to an activating group) is 1. The van der Waals surface area contributed by atoms with Gasteiger partial charge in [-0.3, -0.25) is 9.79 Å². The first-order valence-corrected chi connectivity index (χ1v) is 10.3. The summed E-state index contributed by atoms with van der Waals surface area (Å²) in [6, 6.07) is 4.99. The van der Waals surface area contributed by atoms with Gasteiger partial charge in [-0.25, -0.2) is 4.79 Å². The normalized spacial score (nSPS) is 14.5. The molecule has 0 aliphatic rings. The van der Waals surface area contributed by atoms with E-state index in [4.69, 9.17) is 52.9 Å². The molecule has 0 spiro atoms. The Morgan fingerprint density at radius 1 is 1.03 bits per heavy atom. The largest absolute Gasteiger partial charge is 0.507 e. The van der Waals surface area contributed by atoms with E-state index < -0.39 is 49.0 Å². The number of hydrogen-bond donors (Lipinski definition) is 12. The van der Waals surface area contributed by atoms with Crippen LogP contribution in [0, 0.1) is 0 Å². The molecule has 202 valence electrons. The molecule has 5 atom stereocenters. The fourth-order valence-corrected chi connectivity index (χ4v) is 2.19. The number of aliphatic carboxylic acids is 1. The Morgan fingerprint density at radius 2 is 1.57 bits per heavy atom. The fraction of sp³-hybridized carbons (Fsp3) is 0.550. The molecule has 35 heavy (non-hydrogen) atoms. The highest BCUT2D eigenvalue weighted by molar-refractivity contribution is 5.90. The van der Waals surface area contributed by atoms with E-state index in [-0.39, 0.29) is 23.8 Å². The standard InChI is InChI=1S/C7H17NO5.C7H6O3.C6H14N4O2/c1-8-2-4(10)6(12)7(13)5(11)3-9;8-6-4-2-1-3-5(6)7(9)10;7-4(5(11)12)2-1-3-10-6(8)9/h4-13H,2-3H2,1H3;1-4,8H,(H,9,10);4H,1-3,7H2,(H,11,12)(H4,8,9,10)/t4-,5+,6+,7+;;4-/m0.0/s1. The molecule has 0 bridgehead atoms. The number of carbonyl (C=O) groups is 2. The van der Waals surface area contributed by atoms with E-state index in [0.29, 0.717) is 19.4 Å². The summed E-state index contributed by atoms with van der Waals surface area (Å²) in [5.41, 5.74) is 15.3. The van der Waals surface area contributed by atoms with Crippen LogP contribution in [0.15, 0.2) is 29.3 Å². The zero-order valence-corrected chi connectivity index (χ0v) is 19.3. The van der Waals surface area contributed by atoms with Crippen LogP contribution in [0.5, 0.6) is 5.75 Å². The van der Waals surface area contributed by atoms with Gasteiger partial charge in [-0.05, 0) is 32.0 Å². The van der Waals surface area contributed by atoms with Crippen molar-refractivity contribution in [1.29, 1.82) is 0 Å². The van der Waals surface area contributed by atoms with E-state index in [0.717, 1.165) is 0 Å². The molecule has 0 fully saturated rings. The Labute approximate surface area is 202 Å². The second-order valence-corrected chi connectivity index (χ2v) is 7.07. The Morgan fingerprint density at radius 3 is 1.97 bits per heavy atom. The van der Waals surface area contributed by atoms with Crippen LogP contribution < -0.4 is 22.5 Å². The summed E-state index contributed by atoms with van der Waals surface area (Å²) in [5, 5.41) is 73.2. The molecule has 0 amide bonds. The van der Waals surface area contributed by atoms with Crippen molar-refractivity contribution in [2.45, 2.75) is 43.3 Å². The first-order valence-electron chi connectivity index (χ1n) is 10.3. The number of nitrogens with two attached hydrogens (primary N) is 3. The van der Waals surface area contributed by atoms with Gasteiger partial charge in [-0.15, -0.1) is 0 Å². The molecule has 0 aliphatic carbocycles. The lowest BCUT2D eigenvalue weighted by Crippen LogP contribution is -2.48. The van der Waals surface area contributed by atoms with Crippen LogP contribution in [0.3, 0.4) is 0 Å². The van der Waals surface area contributed by atoms with Gasteiger partial charge in [0.15, 0.2) is 5.96 Å². The molecule has 1 rings (SSSR count). The van der Waals surface area contributed by atoms with Gasteiger partial charge < -0.3 is 63.4 Å². The number of aromatic hydroxyl groups is 1. The summed E-state index contributed by atoms with van der Waals surface area (Å²) in [6.45, 7) is -0.149. The zero-order valence-electron chi connectivity index (χ0n) is 19.3. The minimum Gasteiger partial charge on any atom is -0.507 e. The minimum atomic E-state index is -1.55. The number of nitrogens with zero attached hydrogens (tertiary/aromatic N) is 1. The molecule has 0 heterocycles. The highest BCUT2D eigenvalue weighted by atomic mass is 16.4. The molecule has 0 aromatic heterocycles. The number of nitrogens with one attached hydrogen (secondary N) is 1. The summed E-state index contributed by atoms with van der Waals surface area (Å²) >= 11 is 0. The number of carboxylic acid groups (broad SMARTS) is 2. The molecule has 15 nitrogen and oxygen atoms in total. The van der Waals surface area contributed by atoms with Gasteiger partial charge >= 0.3 is 11.9 Å². The summed E-state index contributed by atoms with van der Waals surface area (Å²) in [6.07, 6.45) is -4.69. The van der Waals surface area contributed by atoms with E-state index in [9.17, 15) is 14.7 Å². The van der Waals surface area contributed by atoms with Crippen molar-refractivity contribution >= 4 is 17.9 Å². The summed E-state index contributed by atoms with van der Waals surface area (Å²) in [4.78, 5) is 24.2. The number of aliphatic imine (C=N–C) groups is 1. The van der Waals surface area contributed by atoms with Crippen molar-refractivity contribution in [3.8, 4) is 5.75 Å². The number of hydrogen-bond acceptors (Lipinski definition) is 11. The number of aromatic carboxylic acids is 1. The molecule has 0 aliphatic heterocycles. The van der Waals surface area contributed by atoms with Crippen molar-refractivity contribution < 1.29 is 50.4 Å². The van der Waals surface area contributed by atoms with Crippen LogP contribution in [0.4, 0.5) is 0 Å². The number of para-hydroxylation sites is 1. The number of carboxylic acids is 2. The topological polar surface area (TPSA) is 298 Å². The maximum absolute atomic E-state index is 10.3. The number of phenols is 1. The lowest BCUT2D eigenvalue weighted by Gasteiger charge is -2.25. The highest BCUT2D eigenvalue weighted by Crippen LogP contribution is 2.14. The lowest BCUT2D eigenvalue weighted by atomic mass is 10.0. The first-order chi connectivity index (χ1) is 16.3.